The van der Waals surface area contributed by atoms with Gasteiger partial charge in [0.05, 0.1) is 6.61 Å². The maximum atomic E-state index is 12.5. The summed E-state index contributed by atoms with van der Waals surface area (Å²) in [6.45, 7) is 0.750. The Labute approximate surface area is 120 Å². The number of likely N-dealkylation sites (N-methyl/N-ethyl adjacent to an activating group) is 1. The molecule has 0 aliphatic carbocycles. The maximum Gasteiger partial charge on any atom is 0.322 e. The minimum absolute atomic E-state index is 0.210. The van der Waals surface area contributed by atoms with Gasteiger partial charge in [-0.1, -0.05) is 19.3 Å². The van der Waals surface area contributed by atoms with E-state index in [9.17, 15) is 18.3 Å². The van der Waals surface area contributed by atoms with E-state index in [0.29, 0.717) is 12.8 Å². The molecule has 0 spiro atoms. The summed E-state index contributed by atoms with van der Waals surface area (Å²) in [6, 6.07) is -0.967. The molecule has 0 bridgehead atoms. The van der Waals surface area contributed by atoms with E-state index in [0.717, 1.165) is 27.9 Å². The van der Waals surface area contributed by atoms with Gasteiger partial charge in [0.1, 0.15) is 6.04 Å². The van der Waals surface area contributed by atoms with Gasteiger partial charge in [-0.2, -0.15) is 17.0 Å². The molecule has 0 aromatic carbocycles. The van der Waals surface area contributed by atoms with Gasteiger partial charge in [-0.25, -0.2) is 0 Å². The Balaban J connectivity index is 2.92. The number of hydrogen-bond acceptors (Lipinski definition) is 4. The molecule has 1 N–H and O–H groups in total. The molecule has 0 saturated carbocycles. The second kappa shape index (κ2) is 7.92. The maximum absolute atomic E-state index is 12.5. The van der Waals surface area contributed by atoms with Crippen LogP contribution in [0.3, 0.4) is 0 Å². The van der Waals surface area contributed by atoms with Gasteiger partial charge < -0.3 is 9.84 Å². The quantitative estimate of drug-likeness (QED) is 0.773. The molecule has 0 amide bonds. The number of ether oxygens (including phenoxy) is 1. The van der Waals surface area contributed by atoms with Crippen molar-refractivity contribution in [1.29, 1.82) is 0 Å². The highest BCUT2D eigenvalue weighted by Gasteiger charge is 2.37. The summed E-state index contributed by atoms with van der Waals surface area (Å²) in [6.07, 6.45) is 3.69. The van der Waals surface area contributed by atoms with Crippen LogP contribution in [0.25, 0.3) is 0 Å². The zero-order valence-corrected chi connectivity index (χ0v) is 12.9. The van der Waals surface area contributed by atoms with Crippen LogP contribution in [-0.2, 0) is 19.7 Å². The first-order valence-corrected chi connectivity index (χ1v) is 8.25. The number of methoxy groups -OCH3 is 1. The van der Waals surface area contributed by atoms with Gasteiger partial charge in [0.15, 0.2) is 0 Å². The van der Waals surface area contributed by atoms with E-state index in [-0.39, 0.29) is 19.7 Å². The Kier molecular flexibility index (Phi) is 6.87. The molecule has 1 atom stereocenters. The molecule has 1 heterocycles. The summed E-state index contributed by atoms with van der Waals surface area (Å²) in [7, 11) is -0.815. The average Bonchev–Trinajstić information content (AvgIpc) is 2.34. The first-order chi connectivity index (χ1) is 9.41. The minimum atomic E-state index is -3.76. The zero-order valence-electron chi connectivity index (χ0n) is 12.1. The predicted octanol–water partition coefficient (Wildman–Crippen LogP) is 0.529. The van der Waals surface area contributed by atoms with Crippen LogP contribution in [0.15, 0.2) is 0 Å². The summed E-state index contributed by atoms with van der Waals surface area (Å²) >= 11 is 0. The zero-order chi connectivity index (χ0) is 15.2. The van der Waals surface area contributed by atoms with Crippen LogP contribution in [0.2, 0.25) is 0 Å². The largest absolute Gasteiger partial charge is 0.480 e. The highest BCUT2D eigenvalue weighted by atomic mass is 32.2. The lowest BCUT2D eigenvalue weighted by Crippen LogP contribution is -2.51. The molecule has 20 heavy (non-hydrogen) atoms. The molecular weight excluding hydrogens is 284 g/mol. The molecular formula is C12H24N2O5S. The first-order valence-electron chi connectivity index (χ1n) is 6.86. The van der Waals surface area contributed by atoms with Crippen molar-refractivity contribution in [1.82, 2.24) is 8.61 Å². The van der Waals surface area contributed by atoms with Crippen LogP contribution in [0.1, 0.15) is 32.1 Å². The molecule has 1 unspecified atom stereocenters. The van der Waals surface area contributed by atoms with Crippen molar-refractivity contribution in [2.24, 2.45) is 0 Å². The number of carboxylic acid groups (broad SMARTS) is 1. The van der Waals surface area contributed by atoms with E-state index >= 15 is 0 Å². The fourth-order valence-electron chi connectivity index (χ4n) is 2.30. The van der Waals surface area contributed by atoms with Crippen LogP contribution in [0.5, 0.6) is 0 Å². The van der Waals surface area contributed by atoms with Gasteiger partial charge in [-0.3, -0.25) is 4.79 Å². The molecule has 1 aliphatic rings. The molecule has 1 fully saturated rings. The second-order valence-corrected chi connectivity index (χ2v) is 6.98. The molecule has 118 valence electrons. The fourth-order valence-corrected chi connectivity index (χ4v) is 3.84. The number of aliphatic carboxylic acids is 1. The Hall–Kier alpha value is -0.700. The van der Waals surface area contributed by atoms with Gasteiger partial charge >= 0.3 is 5.97 Å². The normalized spacial score (nSPS) is 22.4. The number of carboxylic acids is 1. The molecule has 0 aromatic rings. The minimum Gasteiger partial charge on any atom is -0.480 e. The molecule has 8 heteroatoms. The van der Waals surface area contributed by atoms with Gasteiger partial charge in [0.25, 0.3) is 10.2 Å². The Morgan fingerprint density at radius 2 is 2.00 bits per heavy atom. The molecule has 7 nitrogen and oxygen atoms in total. The van der Waals surface area contributed by atoms with Gasteiger partial charge in [0.2, 0.25) is 0 Å². The molecule has 1 aliphatic heterocycles. The van der Waals surface area contributed by atoms with Crippen LogP contribution in [-0.4, -0.2) is 68.0 Å². The Bertz CT molecular complexity index is 412. The number of nitrogens with zero attached hydrogens (tertiary/aromatic N) is 2. The lowest BCUT2D eigenvalue weighted by molar-refractivity contribution is -0.142. The van der Waals surface area contributed by atoms with Crippen molar-refractivity contribution in [3.05, 3.63) is 0 Å². The predicted molar refractivity (Wildman–Crippen MR) is 74.6 cm³/mol. The average molecular weight is 308 g/mol. The molecule has 1 saturated heterocycles. The first kappa shape index (κ1) is 17.4. The van der Waals surface area contributed by atoms with Crippen molar-refractivity contribution in [3.8, 4) is 0 Å². The van der Waals surface area contributed by atoms with Crippen LogP contribution in [0, 0.1) is 0 Å². The molecule has 1 rings (SSSR count). The van der Waals surface area contributed by atoms with E-state index in [4.69, 9.17) is 4.74 Å². The van der Waals surface area contributed by atoms with E-state index in [1.807, 2.05) is 0 Å². The summed E-state index contributed by atoms with van der Waals surface area (Å²) in [5, 5.41) is 9.30. The Morgan fingerprint density at radius 1 is 1.35 bits per heavy atom. The third-order valence-electron chi connectivity index (χ3n) is 3.54. The lowest BCUT2D eigenvalue weighted by atomic mass is 10.0. The van der Waals surface area contributed by atoms with Crippen molar-refractivity contribution < 1.29 is 23.1 Å². The van der Waals surface area contributed by atoms with Crippen molar-refractivity contribution in [3.63, 3.8) is 0 Å². The SMILES string of the molecule is COCCN(C)S(=O)(=O)N1CCCCCCC1C(=O)O. The third-order valence-corrected chi connectivity index (χ3v) is 5.54. The Morgan fingerprint density at radius 3 is 2.60 bits per heavy atom. The van der Waals surface area contributed by atoms with Gasteiger partial charge in [-0.15, -0.1) is 0 Å². The standard InChI is InChI=1S/C12H24N2O5S/c1-13(9-10-19-2)20(17,18)14-8-6-4-3-5-7-11(14)12(15)16/h11H,3-10H2,1-2H3,(H,15,16). The summed E-state index contributed by atoms with van der Waals surface area (Å²) in [5.41, 5.74) is 0. The van der Waals surface area contributed by atoms with Gasteiger partial charge in [0, 0.05) is 27.2 Å². The van der Waals surface area contributed by atoms with Crippen LogP contribution >= 0.6 is 0 Å². The van der Waals surface area contributed by atoms with Crippen molar-refractivity contribution in [2.75, 3.05) is 33.9 Å². The topological polar surface area (TPSA) is 87.2 Å². The number of carbonyl (C=O) groups is 1. The fraction of sp³-hybridized carbons (Fsp3) is 0.917. The van der Waals surface area contributed by atoms with E-state index in [1.165, 1.54) is 14.2 Å². The molecule has 0 aromatic heterocycles. The van der Waals surface area contributed by atoms with Crippen LogP contribution in [0.4, 0.5) is 0 Å². The summed E-state index contributed by atoms with van der Waals surface area (Å²) < 4.78 is 32.2. The van der Waals surface area contributed by atoms with Gasteiger partial charge in [-0.05, 0) is 12.8 Å². The highest BCUT2D eigenvalue weighted by Crippen LogP contribution is 2.21. The van der Waals surface area contributed by atoms with E-state index < -0.39 is 22.2 Å². The van der Waals surface area contributed by atoms with Crippen molar-refractivity contribution in [2.45, 2.75) is 38.1 Å². The second-order valence-electron chi connectivity index (χ2n) is 4.99. The van der Waals surface area contributed by atoms with E-state index in [2.05, 4.69) is 0 Å². The number of rotatable bonds is 6. The summed E-state index contributed by atoms with van der Waals surface area (Å²) in [5.74, 6) is -1.07. The van der Waals surface area contributed by atoms with E-state index in [1.54, 1.807) is 0 Å². The molecule has 0 radical (unpaired) electrons. The summed E-state index contributed by atoms with van der Waals surface area (Å²) in [4.78, 5) is 11.4. The smallest absolute Gasteiger partial charge is 0.322 e. The number of hydrogen-bond donors (Lipinski definition) is 1. The third kappa shape index (κ3) is 4.41. The monoisotopic (exact) mass is 308 g/mol. The van der Waals surface area contributed by atoms with Crippen molar-refractivity contribution >= 4 is 16.2 Å². The van der Waals surface area contributed by atoms with Crippen LogP contribution < -0.4 is 0 Å². The lowest BCUT2D eigenvalue weighted by Gasteiger charge is -2.33. The highest BCUT2D eigenvalue weighted by molar-refractivity contribution is 7.86.